The first-order chi connectivity index (χ1) is 8.65. The highest BCUT2D eigenvalue weighted by molar-refractivity contribution is 9.10. The molecule has 1 aromatic rings. The van der Waals surface area contributed by atoms with Gasteiger partial charge in [-0.3, -0.25) is 4.79 Å². The van der Waals surface area contributed by atoms with Crippen LogP contribution < -0.4 is 5.32 Å². The van der Waals surface area contributed by atoms with E-state index in [4.69, 9.17) is 16.7 Å². The Kier molecular flexibility index (Phi) is 7.74. The van der Waals surface area contributed by atoms with Crippen LogP contribution >= 0.6 is 39.3 Å². The molecule has 0 unspecified atom stereocenters. The van der Waals surface area contributed by atoms with Gasteiger partial charge in [-0.1, -0.05) is 27.5 Å². The van der Waals surface area contributed by atoms with E-state index >= 15 is 0 Å². The fourth-order valence-corrected chi connectivity index (χ4v) is 2.82. The summed E-state index contributed by atoms with van der Waals surface area (Å²) in [5.41, 5.74) is 0.486. The van der Waals surface area contributed by atoms with Gasteiger partial charge in [-0.25, -0.2) is 0 Å². The second-order valence-electron chi connectivity index (χ2n) is 3.57. The van der Waals surface area contributed by atoms with Gasteiger partial charge in [0, 0.05) is 23.4 Å². The number of nitrogens with one attached hydrogen (secondary N) is 1. The summed E-state index contributed by atoms with van der Waals surface area (Å²) in [6.07, 6.45) is 0.789. The van der Waals surface area contributed by atoms with Crippen molar-refractivity contribution < 1.29 is 9.90 Å². The molecule has 1 rings (SSSR count). The molecule has 0 aliphatic heterocycles. The number of carbonyl (C=O) groups is 1. The summed E-state index contributed by atoms with van der Waals surface area (Å²) in [7, 11) is 0. The summed E-state index contributed by atoms with van der Waals surface area (Å²) in [4.78, 5) is 11.8. The van der Waals surface area contributed by atoms with Crippen LogP contribution in [-0.2, 0) is 0 Å². The number of halogens is 2. The molecule has 0 saturated carbocycles. The lowest BCUT2D eigenvalue weighted by Gasteiger charge is -2.06. The van der Waals surface area contributed by atoms with Crippen LogP contribution in [0, 0.1) is 0 Å². The van der Waals surface area contributed by atoms with Gasteiger partial charge < -0.3 is 10.4 Å². The molecule has 0 fully saturated rings. The molecule has 0 bridgehead atoms. The van der Waals surface area contributed by atoms with Crippen molar-refractivity contribution in [2.24, 2.45) is 0 Å². The number of hydrogen-bond acceptors (Lipinski definition) is 3. The molecule has 6 heteroatoms. The van der Waals surface area contributed by atoms with Crippen LogP contribution in [0.5, 0.6) is 0 Å². The lowest BCUT2D eigenvalue weighted by Crippen LogP contribution is -2.26. The Morgan fingerprint density at radius 3 is 2.89 bits per heavy atom. The molecule has 0 aromatic heterocycles. The van der Waals surface area contributed by atoms with Gasteiger partial charge in [-0.15, -0.1) is 0 Å². The van der Waals surface area contributed by atoms with Crippen molar-refractivity contribution in [3.05, 3.63) is 33.3 Å². The van der Waals surface area contributed by atoms with Crippen LogP contribution in [0.15, 0.2) is 22.7 Å². The Bertz CT molecular complexity index is 404. The molecule has 0 heterocycles. The standard InChI is InChI=1S/C12H15BrClNO2S/c13-9-2-3-10(11(14)8-9)12(17)15-4-7-18-6-1-5-16/h2-3,8,16H,1,4-7H2,(H,15,17). The topological polar surface area (TPSA) is 49.3 Å². The van der Waals surface area contributed by atoms with Gasteiger partial charge in [-0.05, 0) is 30.4 Å². The molecule has 0 radical (unpaired) electrons. The van der Waals surface area contributed by atoms with Crippen molar-refractivity contribution in [2.75, 3.05) is 24.7 Å². The van der Waals surface area contributed by atoms with E-state index in [1.807, 2.05) is 0 Å². The Morgan fingerprint density at radius 1 is 1.44 bits per heavy atom. The van der Waals surface area contributed by atoms with Crippen LogP contribution in [0.25, 0.3) is 0 Å². The third-order valence-electron chi connectivity index (χ3n) is 2.15. The summed E-state index contributed by atoms with van der Waals surface area (Å²) >= 11 is 11.0. The summed E-state index contributed by atoms with van der Waals surface area (Å²) in [5, 5.41) is 11.9. The van der Waals surface area contributed by atoms with Gasteiger partial charge in [0.05, 0.1) is 10.6 Å². The zero-order chi connectivity index (χ0) is 13.4. The van der Waals surface area contributed by atoms with E-state index in [-0.39, 0.29) is 12.5 Å². The molecule has 2 N–H and O–H groups in total. The van der Waals surface area contributed by atoms with E-state index in [0.29, 0.717) is 17.1 Å². The maximum Gasteiger partial charge on any atom is 0.252 e. The average molecular weight is 353 g/mol. The van der Waals surface area contributed by atoms with Crippen LogP contribution in [0.2, 0.25) is 5.02 Å². The maximum absolute atomic E-state index is 11.8. The molecule has 0 atom stereocenters. The predicted molar refractivity (Wildman–Crippen MR) is 80.5 cm³/mol. The number of benzene rings is 1. The van der Waals surface area contributed by atoms with Crippen LogP contribution in [0.1, 0.15) is 16.8 Å². The van der Waals surface area contributed by atoms with E-state index in [9.17, 15) is 4.79 Å². The molecule has 0 spiro atoms. The molecule has 1 aromatic carbocycles. The minimum Gasteiger partial charge on any atom is -0.396 e. The Hall–Kier alpha value is -0.230. The van der Waals surface area contributed by atoms with Crippen molar-refractivity contribution in [1.29, 1.82) is 0 Å². The second kappa shape index (κ2) is 8.80. The second-order valence-corrected chi connectivity index (χ2v) is 6.12. The van der Waals surface area contributed by atoms with E-state index in [0.717, 1.165) is 22.4 Å². The molecule has 0 aliphatic rings. The molecule has 18 heavy (non-hydrogen) atoms. The summed E-state index contributed by atoms with van der Waals surface area (Å²) in [5.74, 6) is 1.58. The van der Waals surface area contributed by atoms with Crippen molar-refractivity contribution in [1.82, 2.24) is 5.32 Å². The highest BCUT2D eigenvalue weighted by Gasteiger charge is 2.09. The Labute approximate surface area is 124 Å². The van der Waals surface area contributed by atoms with Crippen molar-refractivity contribution >= 4 is 45.2 Å². The highest BCUT2D eigenvalue weighted by atomic mass is 79.9. The van der Waals surface area contributed by atoms with Gasteiger partial charge in [0.15, 0.2) is 0 Å². The largest absolute Gasteiger partial charge is 0.396 e. The first kappa shape index (κ1) is 15.8. The van der Waals surface area contributed by atoms with Crippen molar-refractivity contribution in [2.45, 2.75) is 6.42 Å². The number of aliphatic hydroxyl groups is 1. The number of rotatable bonds is 7. The quantitative estimate of drug-likeness (QED) is 0.742. The molecular weight excluding hydrogens is 338 g/mol. The smallest absolute Gasteiger partial charge is 0.252 e. The number of amides is 1. The number of thioether (sulfide) groups is 1. The molecule has 0 aliphatic carbocycles. The van der Waals surface area contributed by atoms with Crippen molar-refractivity contribution in [3.63, 3.8) is 0 Å². The van der Waals surface area contributed by atoms with Gasteiger partial charge in [0.25, 0.3) is 5.91 Å². The van der Waals surface area contributed by atoms with Gasteiger partial charge >= 0.3 is 0 Å². The minimum atomic E-state index is -0.157. The fourth-order valence-electron chi connectivity index (χ4n) is 1.27. The molecular formula is C12H15BrClNO2S. The average Bonchev–Trinajstić information content (AvgIpc) is 2.33. The van der Waals surface area contributed by atoms with E-state index < -0.39 is 0 Å². The first-order valence-electron chi connectivity index (χ1n) is 5.57. The molecule has 0 saturated heterocycles. The monoisotopic (exact) mass is 351 g/mol. The van der Waals surface area contributed by atoms with Crippen LogP contribution in [-0.4, -0.2) is 35.7 Å². The van der Waals surface area contributed by atoms with E-state index in [1.54, 1.807) is 30.0 Å². The fraction of sp³-hybridized carbons (Fsp3) is 0.417. The highest BCUT2D eigenvalue weighted by Crippen LogP contribution is 2.21. The van der Waals surface area contributed by atoms with Gasteiger partial charge in [-0.2, -0.15) is 11.8 Å². The molecule has 3 nitrogen and oxygen atoms in total. The Morgan fingerprint density at radius 2 is 2.22 bits per heavy atom. The lowest BCUT2D eigenvalue weighted by molar-refractivity contribution is 0.0956. The summed E-state index contributed by atoms with van der Waals surface area (Å²) in [6.45, 7) is 0.815. The van der Waals surface area contributed by atoms with Gasteiger partial charge in [0.1, 0.15) is 0 Å². The van der Waals surface area contributed by atoms with E-state index in [1.165, 1.54) is 0 Å². The maximum atomic E-state index is 11.8. The summed E-state index contributed by atoms with van der Waals surface area (Å²) in [6, 6.07) is 5.18. The lowest BCUT2D eigenvalue weighted by atomic mass is 10.2. The zero-order valence-electron chi connectivity index (χ0n) is 9.79. The molecule has 1 amide bonds. The van der Waals surface area contributed by atoms with Gasteiger partial charge in [0.2, 0.25) is 0 Å². The van der Waals surface area contributed by atoms with Crippen molar-refractivity contribution in [3.8, 4) is 0 Å². The third kappa shape index (κ3) is 5.61. The zero-order valence-corrected chi connectivity index (χ0v) is 12.9. The van der Waals surface area contributed by atoms with Crippen LogP contribution in [0.4, 0.5) is 0 Å². The third-order valence-corrected chi connectivity index (χ3v) is 4.03. The Balaban J connectivity index is 2.32. The number of aliphatic hydroxyl groups excluding tert-OH is 1. The number of hydrogen-bond donors (Lipinski definition) is 2. The number of carbonyl (C=O) groups excluding carboxylic acids is 1. The minimum absolute atomic E-state index is 0.157. The predicted octanol–water partition coefficient (Wildman–Crippen LogP) is 2.95. The SMILES string of the molecule is O=C(NCCSCCCO)c1ccc(Br)cc1Cl. The normalized spacial score (nSPS) is 10.4. The first-order valence-corrected chi connectivity index (χ1v) is 7.89. The summed E-state index contributed by atoms with van der Waals surface area (Å²) < 4.78 is 0.851. The molecule has 100 valence electrons. The van der Waals surface area contributed by atoms with E-state index in [2.05, 4.69) is 21.2 Å². The van der Waals surface area contributed by atoms with Crippen LogP contribution in [0.3, 0.4) is 0 Å².